The molecule has 0 aromatic rings. The molecule has 1 rings (SSSR count). The van der Waals surface area contributed by atoms with Crippen LogP contribution in [0.25, 0.3) is 0 Å². The van der Waals surface area contributed by atoms with Crippen molar-refractivity contribution in [3.8, 4) is 0 Å². The van der Waals surface area contributed by atoms with Crippen molar-refractivity contribution in [2.45, 2.75) is 6.92 Å². The van der Waals surface area contributed by atoms with Crippen LogP contribution in [0.5, 0.6) is 0 Å². The average molecular weight is 194 g/mol. The van der Waals surface area contributed by atoms with Crippen LogP contribution >= 0.6 is 0 Å². The second-order valence-electron chi connectivity index (χ2n) is 3.29. The quantitative estimate of drug-likeness (QED) is 0.502. The summed E-state index contributed by atoms with van der Waals surface area (Å²) in [6.45, 7) is 9.27. The van der Waals surface area contributed by atoms with Gasteiger partial charge >= 0.3 is 0 Å². The van der Waals surface area contributed by atoms with Crippen molar-refractivity contribution in [3.63, 3.8) is 0 Å². The molecule has 0 spiro atoms. The molecule has 0 amide bonds. The van der Waals surface area contributed by atoms with Gasteiger partial charge in [-0.05, 0) is 25.8 Å². The topological polar surface area (TPSA) is 53.6 Å². The fraction of sp³-hybridized carbons (Fsp3) is 0.500. The summed E-state index contributed by atoms with van der Waals surface area (Å²) in [6, 6.07) is 0. The number of hydrogen-bond donors (Lipinski definition) is 2. The molecule has 0 saturated carbocycles. The summed E-state index contributed by atoms with van der Waals surface area (Å²) in [5, 5.41) is 3.28. The van der Waals surface area contributed by atoms with Crippen molar-refractivity contribution in [1.29, 1.82) is 0 Å². The predicted molar refractivity (Wildman–Crippen MR) is 60.0 cm³/mol. The van der Waals surface area contributed by atoms with E-state index in [1.165, 1.54) is 0 Å². The minimum absolute atomic E-state index is 0.800. The summed E-state index contributed by atoms with van der Waals surface area (Å²) < 4.78 is 0. The Morgan fingerprint density at radius 3 is 2.64 bits per heavy atom. The fourth-order valence-corrected chi connectivity index (χ4v) is 1.29. The summed E-state index contributed by atoms with van der Waals surface area (Å²) in [7, 11) is 0. The maximum atomic E-state index is 5.90. The summed E-state index contributed by atoms with van der Waals surface area (Å²) >= 11 is 0. The molecule has 1 saturated heterocycles. The summed E-state index contributed by atoms with van der Waals surface area (Å²) in [6.07, 6.45) is 3.76. The van der Waals surface area contributed by atoms with Gasteiger partial charge in [0.05, 0.1) is 5.82 Å². The first kappa shape index (κ1) is 10.8. The van der Waals surface area contributed by atoms with Gasteiger partial charge in [-0.1, -0.05) is 0 Å². The van der Waals surface area contributed by atoms with Crippen LogP contribution < -0.4 is 11.1 Å². The smallest absolute Gasteiger partial charge is 0.0987 e. The lowest BCUT2D eigenvalue weighted by Gasteiger charge is -2.29. The van der Waals surface area contributed by atoms with Gasteiger partial charge in [0, 0.05) is 31.9 Å². The van der Waals surface area contributed by atoms with E-state index < -0.39 is 0 Å². The van der Waals surface area contributed by atoms with E-state index in [4.69, 9.17) is 5.73 Å². The van der Waals surface area contributed by atoms with Crippen LogP contribution in [-0.4, -0.2) is 37.8 Å². The molecule has 1 fully saturated rings. The SMILES string of the molecule is C=N/C(C)=C\C=C(/N)N1CCNCC1. The minimum atomic E-state index is 0.800. The number of rotatable bonds is 3. The highest BCUT2D eigenvalue weighted by Crippen LogP contribution is 2.01. The molecular formula is C10H18N4. The van der Waals surface area contributed by atoms with Crippen LogP contribution in [0.3, 0.4) is 0 Å². The van der Waals surface area contributed by atoms with Gasteiger partial charge < -0.3 is 16.0 Å². The van der Waals surface area contributed by atoms with Crippen molar-refractivity contribution >= 4 is 6.72 Å². The van der Waals surface area contributed by atoms with Gasteiger partial charge in [0.25, 0.3) is 0 Å². The molecule has 0 aromatic heterocycles. The fourth-order valence-electron chi connectivity index (χ4n) is 1.29. The molecule has 78 valence electrons. The molecule has 0 atom stereocenters. The van der Waals surface area contributed by atoms with Crippen LogP contribution in [0.15, 0.2) is 28.7 Å². The largest absolute Gasteiger partial charge is 0.385 e. The number of allylic oxidation sites excluding steroid dienone is 3. The van der Waals surface area contributed by atoms with E-state index >= 15 is 0 Å². The number of hydrogen-bond acceptors (Lipinski definition) is 4. The van der Waals surface area contributed by atoms with E-state index in [9.17, 15) is 0 Å². The average Bonchev–Trinajstić information content (AvgIpc) is 2.26. The number of nitrogens with zero attached hydrogens (tertiary/aromatic N) is 2. The van der Waals surface area contributed by atoms with Crippen LogP contribution in [0, 0.1) is 0 Å². The zero-order valence-corrected chi connectivity index (χ0v) is 8.66. The monoisotopic (exact) mass is 194 g/mol. The molecule has 1 aliphatic heterocycles. The van der Waals surface area contributed by atoms with Gasteiger partial charge in [-0.15, -0.1) is 0 Å². The Morgan fingerprint density at radius 2 is 2.07 bits per heavy atom. The molecule has 0 aliphatic carbocycles. The Morgan fingerprint density at radius 1 is 1.43 bits per heavy atom. The first-order valence-corrected chi connectivity index (χ1v) is 4.80. The van der Waals surface area contributed by atoms with E-state index in [-0.39, 0.29) is 0 Å². The maximum Gasteiger partial charge on any atom is 0.0987 e. The molecule has 1 heterocycles. The van der Waals surface area contributed by atoms with E-state index in [0.29, 0.717) is 0 Å². The highest BCUT2D eigenvalue weighted by Gasteiger charge is 2.08. The highest BCUT2D eigenvalue weighted by atomic mass is 15.2. The van der Waals surface area contributed by atoms with Gasteiger partial charge in [-0.3, -0.25) is 4.99 Å². The number of aliphatic imine (C=N–C) groups is 1. The second-order valence-corrected chi connectivity index (χ2v) is 3.29. The normalized spacial score (nSPS) is 19.6. The molecule has 4 heteroatoms. The van der Waals surface area contributed by atoms with Crippen molar-refractivity contribution < 1.29 is 0 Å². The Balaban J connectivity index is 2.53. The third-order valence-corrected chi connectivity index (χ3v) is 2.23. The Kier molecular flexibility index (Phi) is 4.19. The zero-order chi connectivity index (χ0) is 10.4. The van der Waals surface area contributed by atoms with Crippen LogP contribution in [-0.2, 0) is 0 Å². The summed E-state index contributed by atoms with van der Waals surface area (Å²) in [5.41, 5.74) is 6.78. The predicted octanol–water partition coefficient (Wildman–Crippen LogP) is 0.296. The highest BCUT2D eigenvalue weighted by molar-refractivity contribution is 5.29. The van der Waals surface area contributed by atoms with Gasteiger partial charge in [-0.2, -0.15) is 0 Å². The number of nitrogens with two attached hydrogens (primary N) is 1. The third kappa shape index (κ3) is 3.22. The molecule has 0 bridgehead atoms. The standard InChI is InChI=1S/C10H18N4/c1-9(12-2)3-4-10(11)14-7-5-13-6-8-14/h3-4,13H,2,5-8,11H2,1H3/b9-3-,10-4+. The van der Waals surface area contributed by atoms with E-state index in [0.717, 1.165) is 37.7 Å². The van der Waals surface area contributed by atoms with E-state index in [1.807, 2.05) is 19.1 Å². The summed E-state index contributed by atoms with van der Waals surface area (Å²) in [5.74, 6) is 0.800. The zero-order valence-electron chi connectivity index (χ0n) is 8.66. The molecule has 14 heavy (non-hydrogen) atoms. The number of nitrogens with one attached hydrogen (secondary N) is 1. The lowest BCUT2D eigenvalue weighted by Crippen LogP contribution is -2.44. The minimum Gasteiger partial charge on any atom is -0.385 e. The van der Waals surface area contributed by atoms with E-state index in [2.05, 4.69) is 21.9 Å². The molecule has 0 unspecified atom stereocenters. The van der Waals surface area contributed by atoms with Crippen LogP contribution in [0.1, 0.15) is 6.92 Å². The molecule has 3 N–H and O–H groups in total. The van der Waals surface area contributed by atoms with Crippen LogP contribution in [0.2, 0.25) is 0 Å². The lowest BCUT2D eigenvalue weighted by molar-refractivity contribution is 0.296. The Labute approximate surface area is 85.2 Å². The molecule has 0 radical (unpaired) electrons. The first-order valence-electron chi connectivity index (χ1n) is 4.80. The van der Waals surface area contributed by atoms with Gasteiger partial charge in [0.2, 0.25) is 0 Å². The number of piperazine rings is 1. The molecular weight excluding hydrogens is 176 g/mol. The summed E-state index contributed by atoms with van der Waals surface area (Å²) in [4.78, 5) is 5.94. The van der Waals surface area contributed by atoms with Crippen molar-refractivity contribution in [1.82, 2.24) is 10.2 Å². The lowest BCUT2D eigenvalue weighted by atomic mass is 10.3. The van der Waals surface area contributed by atoms with E-state index in [1.54, 1.807) is 0 Å². The van der Waals surface area contributed by atoms with Crippen molar-refractivity contribution in [2.75, 3.05) is 26.2 Å². The molecule has 4 nitrogen and oxygen atoms in total. The van der Waals surface area contributed by atoms with Crippen molar-refractivity contribution in [3.05, 3.63) is 23.7 Å². The first-order chi connectivity index (χ1) is 6.74. The maximum absolute atomic E-state index is 5.90. The Hall–Kier alpha value is -1.29. The second kappa shape index (κ2) is 5.44. The van der Waals surface area contributed by atoms with Gasteiger partial charge in [0.1, 0.15) is 0 Å². The van der Waals surface area contributed by atoms with Crippen LogP contribution in [0.4, 0.5) is 0 Å². The molecule has 1 aliphatic rings. The van der Waals surface area contributed by atoms with Gasteiger partial charge in [-0.25, -0.2) is 0 Å². The third-order valence-electron chi connectivity index (χ3n) is 2.23. The van der Waals surface area contributed by atoms with Gasteiger partial charge in [0.15, 0.2) is 0 Å². The molecule has 0 aromatic carbocycles. The Bertz CT molecular complexity index is 249. The van der Waals surface area contributed by atoms with Crippen molar-refractivity contribution in [2.24, 2.45) is 10.7 Å².